The third-order valence-electron chi connectivity index (χ3n) is 6.07. The number of aromatic nitrogens is 1. The molecule has 2 aromatic heterocycles. The van der Waals surface area contributed by atoms with E-state index in [1.54, 1.807) is 12.3 Å². The normalized spacial score (nSPS) is 27.7. The van der Waals surface area contributed by atoms with Gasteiger partial charge in [0.15, 0.2) is 5.58 Å². The number of thioether (sulfide) groups is 1. The van der Waals surface area contributed by atoms with Crippen molar-refractivity contribution in [2.24, 2.45) is 5.41 Å². The first-order valence-electron chi connectivity index (χ1n) is 9.22. The number of nitriles is 1. The number of likely N-dealkylation sites (tertiary alicyclic amines) is 1. The molecule has 0 amide bonds. The van der Waals surface area contributed by atoms with Crippen LogP contribution in [0.4, 0.5) is 5.82 Å². The van der Waals surface area contributed by atoms with Crippen LogP contribution in [0.25, 0.3) is 11.0 Å². The molecule has 3 fully saturated rings. The zero-order valence-corrected chi connectivity index (χ0v) is 16.9. The van der Waals surface area contributed by atoms with E-state index in [9.17, 15) is 0 Å². The predicted molar refractivity (Wildman–Crippen MR) is 107 cm³/mol. The molecule has 1 spiro atoms. The molecule has 1 saturated carbocycles. The number of hydrogen-bond acceptors (Lipinski definition) is 6. The Bertz CT molecular complexity index is 872. The zero-order valence-electron chi connectivity index (χ0n) is 14.5. The van der Waals surface area contributed by atoms with Crippen LogP contribution < -0.4 is 5.32 Å². The van der Waals surface area contributed by atoms with Gasteiger partial charge in [0.1, 0.15) is 11.9 Å². The molecule has 26 heavy (non-hydrogen) atoms. The van der Waals surface area contributed by atoms with Gasteiger partial charge in [0, 0.05) is 53.5 Å². The van der Waals surface area contributed by atoms with Crippen LogP contribution in [0.1, 0.15) is 31.4 Å². The van der Waals surface area contributed by atoms with Gasteiger partial charge in [-0.05, 0) is 41.6 Å². The van der Waals surface area contributed by atoms with Crippen LogP contribution in [0.5, 0.6) is 0 Å². The number of hydrogen-bond donors (Lipinski definition) is 1. The molecule has 1 N–H and O–H groups in total. The first kappa shape index (κ1) is 16.9. The number of rotatable bonds is 3. The Hall–Kier alpha value is -1.23. The minimum Gasteiger partial charge on any atom is -0.444 e. The van der Waals surface area contributed by atoms with Crippen molar-refractivity contribution in [3.05, 3.63) is 22.5 Å². The van der Waals surface area contributed by atoms with E-state index in [0.717, 1.165) is 21.7 Å². The molecule has 5 nitrogen and oxygen atoms in total. The molecule has 5 rings (SSSR count). The Morgan fingerprint density at radius 3 is 2.73 bits per heavy atom. The third kappa shape index (κ3) is 2.83. The zero-order chi connectivity index (χ0) is 17.7. The summed E-state index contributed by atoms with van der Waals surface area (Å²) in [4.78, 5) is 7.21. The van der Waals surface area contributed by atoms with Crippen molar-refractivity contribution >= 4 is 44.5 Å². The lowest BCUT2D eigenvalue weighted by atomic mass is 9.79. The Kier molecular flexibility index (Phi) is 4.18. The maximum Gasteiger partial charge on any atom is 0.204 e. The first-order valence-corrected chi connectivity index (χ1v) is 11.2. The number of fused-ring (bicyclic) bond motifs is 1. The molecule has 0 radical (unpaired) electrons. The monoisotopic (exact) mass is 432 g/mol. The van der Waals surface area contributed by atoms with E-state index in [4.69, 9.17) is 9.68 Å². The highest BCUT2D eigenvalue weighted by atomic mass is 79.9. The van der Waals surface area contributed by atoms with Gasteiger partial charge in [0.05, 0.1) is 10.7 Å². The van der Waals surface area contributed by atoms with E-state index in [1.807, 2.05) is 6.07 Å². The van der Waals surface area contributed by atoms with Crippen molar-refractivity contribution in [1.29, 1.82) is 5.26 Å². The van der Waals surface area contributed by atoms with Gasteiger partial charge >= 0.3 is 0 Å². The summed E-state index contributed by atoms with van der Waals surface area (Å²) >= 11 is 5.73. The summed E-state index contributed by atoms with van der Waals surface area (Å²) in [5.41, 5.74) is 1.33. The van der Waals surface area contributed by atoms with E-state index in [1.165, 1.54) is 50.3 Å². The number of halogens is 1. The molecule has 4 heterocycles. The molecule has 136 valence electrons. The molecule has 0 unspecified atom stereocenters. The number of nitrogens with zero attached hydrogens (tertiary/aromatic N) is 3. The van der Waals surface area contributed by atoms with Crippen LogP contribution in [-0.2, 0) is 0 Å². The molecule has 2 aliphatic heterocycles. The van der Waals surface area contributed by atoms with E-state index in [-0.39, 0.29) is 0 Å². The van der Waals surface area contributed by atoms with Crippen LogP contribution in [0, 0.1) is 16.7 Å². The Morgan fingerprint density at radius 1 is 1.31 bits per heavy atom. The second-order valence-corrected chi connectivity index (χ2v) is 9.75. The molecule has 0 aromatic carbocycles. The minimum atomic E-state index is 0.317. The molecule has 2 saturated heterocycles. The molecule has 1 aliphatic carbocycles. The summed E-state index contributed by atoms with van der Waals surface area (Å²) in [6.45, 7) is 2.66. The highest BCUT2D eigenvalue weighted by molar-refractivity contribution is 9.10. The standard InChI is InChI=1S/C19H21BrN4OS/c20-17-15-5-14(6-21)25-16(15)7-22-18(17)23-12-1-3-13(4-2-12)24-8-19(9-24)10-26-11-19/h5,7,12-13H,1-4,8-11H2,(H,22,23). The number of pyridine rings is 1. The maximum atomic E-state index is 9.01. The van der Waals surface area contributed by atoms with Crippen molar-refractivity contribution in [2.45, 2.75) is 37.8 Å². The SMILES string of the molecule is N#Cc1cc2c(Br)c(NC3CCC(N4CC5(CSC5)C4)CC3)ncc2o1. The van der Waals surface area contributed by atoms with Gasteiger partial charge in [0.25, 0.3) is 0 Å². The van der Waals surface area contributed by atoms with Gasteiger partial charge in [0.2, 0.25) is 5.76 Å². The van der Waals surface area contributed by atoms with Gasteiger partial charge in [-0.25, -0.2) is 4.98 Å². The maximum absolute atomic E-state index is 9.01. The average Bonchev–Trinajstić information content (AvgIpc) is 3.01. The molecule has 3 aliphatic rings. The third-order valence-corrected chi connectivity index (χ3v) is 8.51. The van der Waals surface area contributed by atoms with Crippen LogP contribution in [-0.4, -0.2) is 46.6 Å². The van der Waals surface area contributed by atoms with E-state index >= 15 is 0 Å². The van der Waals surface area contributed by atoms with Gasteiger partial charge in [-0.2, -0.15) is 17.0 Å². The van der Waals surface area contributed by atoms with Crippen molar-refractivity contribution in [3.63, 3.8) is 0 Å². The number of nitrogens with one attached hydrogen (secondary N) is 1. The molecule has 0 atom stereocenters. The number of anilines is 1. The van der Waals surface area contributed by atoms with Crippen molar-refractivity contribution in [2.75, 3.05) is 29.9 Å². The van der Waals surface area contributed by atoms with E-state index in [2.05, 4.69) is 42.9 Å². The summed E-state index contributed by atoms with van der Waals surface area (Å²) in [5, 5.41) is 13.5. The van der Waals surface area contributed by atoms with Gasteiger partial charge in [-0.15, -0.1) is 0 Å². The second-order valence-electron chi connectivity index (χ2n) is 7.97. The van der Waals surface area contributed by atoms with E-state index < -0.39 is 0 Å². The van der Waals surface area contributed by atoms with Crippen LogP contribution in [0.2, 0.25) is 0 Å². The molecule has 0 bridgehead atoms. The number of furan rings is 1. The van der Waals surface area contributed by atoms with Crippen LogP contribution >= 0.6 is 27.7 Å². The summed E-state index contributed by atoms with van der Waals surface area (Å²) in [5.74, 6) is 3.92. The molecule has 2 aromatic rings. The summed E-state index contributed by atoms with van der Waals surface area (Å²) < 4.78 is 6.33. The van der Waals surface area contributed by atoms with Gasteiger partial charge in [-0.3, -0.25) is 4.90 Å². The predicted octanol–water partition coefficient (Wildman–Crippen LogP) is 4.23. The highest BCUT2D eigenvalue weighted by Crippen LogP contribution is 2.47. The minimum absolute atomic E-state index is 0.317. The molecular formula is C19H21BrN4OS. The lowest BCUT2D eigenvalue weighted by Gasteiger charge is -2.58. The quantitative estimate of drug-likeness (QED) is 0.782. The Morgan fingerprint density at radius 2 is 2.08 bits per heavy atom. The first-order chi connectivity index (χ1) is 12.7. The Balaban J connectivity index is 1.21. The summed E-state index contributed by atoms with van der Waals surface area (Å²) in [7, 11) is 0. The lowest BCUT2D eigenvalue weighted by molar-refractivity contribution is -0.0191. The fourth-order valence-electron chi connectivity index (χ4n) is 4.56. The van der Waals surface area contributed by atoms with Crippen molar-refractivity contribution in [1.82, 2.24) is 9.88 Å². The fraction of sp³-hybridized carbons (Fsp3) is 0.579. The van der Waals surface area contributed by atoms with Crippen molar-refractivity contribution < 1.29 is 4.42 Å². The smallest absolute Gasteiger partial charge is 0.204 e. The summed E-state index contributed by atoms with van der Waals surface area (Å²) in [6, 6.07) is 5.04. The van der Waals surface area contributed by atoms with Gasteiger partial charge in [-0.1, -0.05) is 0 Å². The van der Waals surface area contributed by atoms with Crippen LogP contribution in [0.3, 0.4) is 0 Å². The Labute approximate surface area is 165 Å². The summed E-state index contributed by atoms with van der Waals surface area (Å²) in [6.07, 6.45) is 6.61. The average molecular weight is 433 g/mol. The largest absolute Gasteiger partial charge is 0.444 e. The topological polar surface area (TPSA) is 65.1 Å². The molecule has 7 heteroatoms. The highest BCUT2D eigenvalue weighted by Gasteiger charge is 2.50. The van der Waals surface area contributed by atoms with Gasteiger partial charge < -0.3 is 9.73 Å². The second kappa shape index (κ2) is 6.43. The van der Waals surface area contributed by atoms with Crippen LogP contribution in [0.15, 0.2) is 21.2 Å². The van der Waals surface area contributed by atoms with E-state index in [0.29, 0.717) is 22.8 Å². The van der Waals surface area contributed by atoms with Crippen molar-refractivity contribution in [3.8, 4) is 6.07 Å². The fourth-order valence-corrected chi connectivity index (χ4v) is 6.23. The lowest BCUT2D eigenvalue weighted by Crippen LogP contribution is -2.65. The molecular weight excluding hydrogens is 412 g/mol.